The first-order valence-electron chi connectivity index (χ1n) is 11.6. The summed E-state index contributed by atoms with van der Waals surface area (Å²) >= 11 is 0. The van der Waals surface area contributed by atoms with Crippen LogP contribution in [0.4, 0.5) is 17.6 Å². The first-order chi connectivity index (χ1) is 16.0. The number of aromatic nitrogens is 5. The van der Waals surface area contributed by atoms with Gasteiger partial charge in [-0.25, -0.2) is 14.5 Å². The monoisotopic (exact) mass is 448 g/mol. The van der Waals surface area contributed by atoms with Gasteiger partial charge in [-0.05, 0) is 31.4 Å². The summed E-state index contributed by atoms with van der Waals surface area (Å²) in [5, 5.41) is 20.4. The summed E-state index contributed by atoms with van der Waals surface area (Å²) in [5.74, 6) is 1.84. The van der Waals surface area contributed by atoms with Gasteiger partial charge in [0, 0.05) is 44.3 Å². The number of nitriles is 1. The molecule has 1 fully saturated rings. The van der Waals surface area contributed by atoms with Crippen molar-refractivity contribution in [2.45, 2.75) is 58.5 Å². The number of aryl methyl sites for hydroxylation is 1. The fraction of sp³-hybridized carbons (Fsp3) is 0.522. The highest BCUT2D eigenvalue weighted by Gasteiger charge is 2.21. The molecule has 2 atom stereocenters. The van der Waals surface area contributed by atoms with Crippen molar-refractivity contribution < 1.29 is 0 Å². The highest BCUT2D eigenvalue weighted by molar-refractivity contribution is 5.61. The molecule has 174 valence electrons. The molecule has 1 saturated heterocycles. The van der Waals surface area contributed by atoms with Crippen LogP contribution < -0.4 is 21.3 Å². The van der Waals surface area contributed by atoms with Gasteiger partial charge in [0.25, 0.3) is 0 Å². The number of piperazine rings is 1. The zero-order valence-corrected chi connectivity index (χ0v) is 19.5. The lowest BCUT2D eigenvalue weighted by atomic mass is 10.1. The molecule has 0 spiro atoms. The second-order valence-electron chi connectivity index (χ2n) is 8.76. The largest absolute Gasteiger partial charge is 0.380 e. The molecule has 0 radical (unpaired) electrons. The maximum absolute atomic E-state index is 9.01. The molecule has 10 heteroatoms. The van der Waals surface area contributed by atoms with Crippen molar-refractivity contribution in [1.29, 1.82) is 5.26 Å². The number of nitrogens with zero attached hydrogens (tertiary/aromatic N) is 7. The third kappa shape index (κ3) is 5.14. The Morgan fingerprint density at radius 3 is 2.97 bits per heavy atom. The number of rotatable bonds is 8. The molecule has 4 rings (SSSR count). The minimum Gasteiger partial charge on any atom is -0.380 e. The minimum absolute atomic E-state index is 0.177. The van der Waals surface area contributed by atoms with Crippen LogP contribution in [0.1, 0.15) is 49.9 Å². The summed E-state index contributed by atoms with van der Waals surface area (Å²) in [4.78, 5) is 15.8. The number of fused-ring (bicyclic) bond motifs is 1. The van der Waals surface area contributed by atoms with Gasteiger partial charge in [-0.15, -0.1) is 5.10 Å². The van der Waals surface area contributed by atoms with Gasteiger partial charge in [-0.3, -0.25) is 0 Å². The Morgan fingerprint density at radius 1 is 1.36 bits per heavy atom. The first kappa shape index (κ1) is 22.7. The van der Waals surface area contributed by atoms with Gasteiger partial charge < -0.3 is 21.3 Å². The maximum Gasteiger partial charge on any atom is 0.243 e. The Hall–Kier alpha value is -3.45. The zero-order valence-electron chi connectivity index (χ0n) is 19.5. The smallest absolute Gasteiger partial charge is 0.243 e. The summed E-state index contributed by atoms with van der Waals surface area (Å²) in [7, 11) is 0. The normalized spacial score (nSPS) is 17.2. The second-order valence-corrected chi connectivity index (χ2v) is 8.76. The zero-order chi connectivity index (χ0) is 23.4. The van der Waals surface area contributed by atoms with Crippen molar-refractivity contribution in [3.8, 4) is 6.07 Å². The molecule has 4 heterocycles. The molecular formula is C23H32N10. The molecule has 0 amide bonds. The summed E-state index contributed by atoms with van der Waals surface area (Å²) in [6.07, 6.45) is 6.95. The number of hydrogen-bond acceptors (Lipinski definition) is 9. The van der Waals surface area contributed by atoms with Gasteiger partial charge in [0.2, 0.25) is 5.95 Å². The van der Waals surface area contributed by atoms with E-state index in [0.717, 1.165) is 55.1 Å². The van der Waals surface area contributed by atoms with E-state index in [9.17, 15) is 0 Å². The Kier molecular flexibility index (Phi) is 6.89. The van der Waals surface area contributed by atoms with Gasteiger partial charge >= 0.3 is 0 Å². The number of hydrogen-bond donors (Lipinski definition) is 3. The SMILES string of the molecule is CCC[C@H](C)Nc1nc(N)c2ncc(Cc3cnc(N4CCN[C@@H](CC#N)C4)c(C)c3)n2n1. The highest BCUT2D eigenvalue weighted by Crippen LogP contribution is 2.22. The van der Waals surface area contributed by atoms with E-state index in [0.29, 0.717) is 30.3 Å². The van der Waals surface area contributed by atoms with Crippen molar-refractivity contribution in [2.24, 2.45) is 0 Å². The Balaban J connectivity index is 1.54. The molecule has 4 N–H and O–H groups in total. The van der Waals surface area contributed by atoms with E-state index >= 15 is 0 Å². The van der Waals surface area contributed by atoms with Crippen LogP contribution in [0.25, 0.3) is 5.65 Å². The molecule has 3 aromatic rings. The Morgan fingerprint density at radius 2 is 2.21 bits per heavy atom. The molecule has 0 aliphatic carbocycles. The lowest BCUT2D eigenvalue weighted by Crippen LogP contribution is -2.51. The Labute approximate surface area is 194 Å². The predicted molar refractivity (Wildman–Crippen MR) is 129 cm³/mol. The number of nitrogen functional groups attached to an aromatic ring is 1. The number of anilines is 3. The maximum atomic E-state index is 9.01. The molecule has 0 saturated carbocycles. The lowest BCUT2D eigenvalue weighted by Gasteiger charge is -2.34. The summed E-state index contributed by atoms with van der Waals surface area (Å²) in [6, 6.07) is 4.85. The summed E-state index contributed by atoms with van der Waals surface area (Å²) in [6.45, 7) is 8.86. The van der Waals surface area contributed by atoms with Crippen molar-refractivity contribution in [3.05, 3.63) is 35.3 Å². The van der Waals surface area contributed by atoms with Crippen molar-refractivity contribution in [1.82, 2.24) is 29.9 Å². The standard InChI is InChI=1S/C23H32N10/c1-4-5-16(3)29-23-30-20(25)22-28-13-19(33(22)31-23)11-17-10-15(2)21(27-12-17)32-9-8-26-18(14-32)6-7-24/h10,12-13,16,18,26H,4-6,8-9,11,14H2,1-3H3,(H3,25,29,30,31)/t16-,18-/m0/s1. The Bertz CT molecular complexity index is 1150. The van der Waals surface area contributed by atoms with Crippen LogP contribution >= 0.6 is 0 Å². The van der Waals surface area contributed by atoms with Gasteiger partial charge in [0.15, 0.2) is 11.5 Å². The summed E-state index contributed by atoms with van der Waals surface area (Å²) < 4.78 is 1.77. The molecule has 1 aliphatic rings. The molecule has 10 nitrogen and oxygen atoms in total. The second kappa shape index (κ2) is 10.0. The van der Waals surface area contributed by atoms with E-state index in [4.69, 9.17) is 16.0 Å². The molecular weight excluding hydrogens is 416 g/mol. The molecule has 33 heavy (non-hydrogen) atoms. The topological polar surface area (TPSA) is 133 Å². The first-order valence-corrected chi connectivity index (χ1v) is 11.6. The number of imidazole rings is 1. The summed E-state index contributed by atoms with van der Waals surface area (Å²) in [5.41, 5.74) is 9.83. The van der Waals surface area contributed by atoms with Crippen molar-refractivity contribution in [2.75, 3.05) is 35.6 Å². The molecule has 0 bridgehead atoms. The van der Waals surface area contributed by atoms with Crippen LogP contribution in [0.2, 0.25) is 0 Å². The molecule has 0 unspecified atom stereocenters. The van der Waals surface area contributed by atoms with Crippen LogP contribution in [0.3, 0.4) is 0 Å². The van der Waals surface area contributed by atoms with Gasteiger partial charge in [-0.1, -0.05) is 19.4 Å². The van der Waals surface area contributed by atoms with E-state index in [1.165, 1.54) is 0 Å². The fourth-order valence-corrected chi connectivity index (χ4v) is 4.38. The lowest BCUT2D eigenvalue weighted by molar-refractivity contribution is 0.460. The predicted octanol–water partition coefficient (Wildman–Crippen LogP) is 2.29. The number of nitrogens with one attached hydrogen (secondary N) is 2. The van der Waals surface area contributed by atoms with Crippen LogP contribution in [-0.2, 0) is 6.42 Å². The molecule has 1 aliphatic heterocycles. The fourth-order valence-electron chi connectivity index (χ4n) is 4.38. The quantitative estimate of drug-likeness (QED) is 0.474. The van der Waals surface area contributed by atoms with Crippen LogP contribution in [0.5, 0.6) is 0 Å². The van der Waals surface area contributed by atoms with E-state index in [2.05, 4.69) is 63.5 Å². The highest BCUT2D eigenvalue weighted by atomic mass is 15.3. The van der Waals surface area contributed by atoms with E-state index in [-0.39, 0.29) is 12.1 Å². The van der Waals surface area contributed by atoms with Gasteiger partial charge in [-0.2, -0.15) is 10.2 Å². The van der Waals surface area contributed by atoms with E-state index < -0.39 is 0 Å². The van der Waals surface area contributed by atoms with Crippen molar-refractivity contribution >= 4 is 23.2 Å². The third-order valence-electron chi connectivity index (χ3n) is 5.94. The van der Waals surface area contributed by atoms with Crippen molar-refractivity contribution in [3.63, 3.8) is 0 Å². The van der Waals surface area contributed by atoms with Crippen LogP contribution in [-0.4, -0.2) is 56.3 Å². The average Bonchev–Trinajstić information content (AvgIpc) is 3.17. The molecule has 0 aromatic carbocycles. The molecule has 3 aromatic heterocycles. The van der Waals surface area contributed by atoms with Gasteiger partial charge in [0.1, 0.15) is 5.82 Å². The minimum atomic E-state index is 0.177. The van der Waals surface area contributed by atoms with Gasteiger partial charge in [0.05, 0.1) is 24.4 Å². The number of pyridine rings is 1. The number of nitrogens with two attached hydrogens (primary N) is 1. The van der Waals surface area contributed by atoms with E-state index in [1.54, 1.807) is 10.7 Å². The van der Waals surface area contributed by atoms with Crippen LogP contribution in [0, 0.1) is 18.3 Å². The van der Waals surface area contributed by atoms with E-state index in [1.807, 2.05) is 6.20 Å². The average molecular weight is 449 g/mol. The third-order valence-corrected chi connectivity index (χ3v) is 5.94. The van der Waals surface area contributed by atoms with Crippen LogP contribution in [0.15, 0.2) is 18.5 Å².